The summed E-state index contributed by atoms with van der Waals surface area (Å²) < 4.78 is 0. The van der Waals surface area contributed by atoms with Crippen LogP contribution in [0.2, 0.25) is 0 Å². The van der Waals surface area contributed by atoms with Crippen LogP contribution in [0.5, 0.6) is 0 Å². The average molecular weight is 372 g/mol. The largest absolute Gasteiger partial charge is 0.336 e. The zero-order valence-corrected chi connectivity index (χ0v) is 15.7. The van der Waals surface area contributed by atoms with E-state index in [1.807, 2.05) is 13.8 Å². The van der Waals surface area contributed by atoms with Gasteiger partial charge in [-0.3, -0.25) is 9.59 Å². The van der Waals surface area contributed by atoms with Crippen LogP contribution < -0.4 is 15.5 Å². The first-order valence-electron chi connectivity index (χ1n) is 9.10. The Morgan fingerprint density at radius 3 is 2.63 bits per heavy atom. The highest BCUT2D eigenvalue weighted by atomic mass is 16.2. The number of hydrogen-bond acceptors (Lipinski definition) is 4. The number of fused-ring (bicyclic) bond motifs is 1. The molecule has 27 heavy (non-hydrogen) atoms. The molecule has 0 radical (unpaired) electrons. The van der Waals surface area contributed by atoms with Crippen LogP contribution in [-0.2, 0) is 4.79 Å². The van der Waals surface area contributed by atoms with Gasteiger partial charge in [-0.15, -0.1) is 0 Å². The number of Topliss-reactive ketones (excluding diaryl/α,β-unsaturated/α-hetero) is 1. The summed E-state index contributed by atoms with van der Waals surface area (Å²) in [5.41, 5.74) is 0.844. The highest BCUT2D eigenvalue weighted by molar-refractivity contribution is 6.21. The fraction of sp³-hybridized carbons (Fsp3) is 0.474. The van der Waals surface area contributed by atoms with Gasteiger partial charge in [0.25, 0.3) is 5.91 Å². The Morgan fingerprint density at radius 2 is 1.96 bits per heavy atom. The topological polar surface area (TPSA) is 98.8 Å². The molecule has 1 aromatic carbocycles. The quantitative estimate of drug-likeness (QED) is 0.623. The molecule has 2 N–H and O–H groups in total. The van der Waals surface area contributed by atoms with E-state index in [9.17, 15) is 19.2 Å². The van der Waals surface area contributed by atoms with Crippen molar-refractivity contribution in [3.8, 4) is 0 Å². The second-order valence-corrected chi connectivity index (χ2v) is 7.27. The molecule has 0 spiro atoms. The number of carbonyl (C=O) groups is 4. The number of nitrogens with zero attached hydrogens (tertiary/aromatic N) is 2. The number of urea groups is 2. The number of imide groups is 1. The molecular weight excluding hydrogens is 348 g/mol. The number of nitrogens with one attached hydrogen (secondary N) is 2. The normalized spacial score (nSPS) is 22.1. The van der Waals surface area contributed by atoms with Crippen LogP contribution in [0.15, 0.2) is 24.3 Å². The molecule has 1 aromatic rings. The molecule has 2 aliphatic heterocycles. The Morgan fingerprint density at radius 1 is 1.22 bits per heavy atom. The van der Waals surface area contributed by atoms with Crippen molar-refractivity contribution in [1.29, 1.82) is 0 Å². The summed E-state index contributed by atoms with van der Waals surface area (Å²) in [6, 6.07) is 5.10. The lowest BCUT2D eigenvalue weighted by atomic mass is 9.98. The highest BCUT2D eigenvalue weighted by Gasteiger charge is 2.48. The van der Waals surface area contributed by atoms with Crippen molar-refractivity contribution >= 4 is 29.4 Å². The van der Waals surface area contributed by atoms with Crippen LogP contribution in [0.1, 0.15) is 44.0 Å². The standard InChI is InChI=1S/C19H24N4O4/c1-11(2)20-18(26)21-14-7-8-22-16(10-14)17(25)23(19(22)27)15-6-4-5-13(9-15)12(3)24/h4-6,9,11,14,16H,7-8,10H2,1-3H3,(H2,20,21,26)/t14-,16+/m1/s1. The summed E-state index contributed by atoms with van der Waals surface area (Å²) in [5.74, 6) is -0.453. The molecule has 0 saturated carbocycles. The van der Waals surface area contributed by atoms with Gasteiger partial charge in [0.15, 0.2) is 5.78 Å². The van der Waals surface area contributed by atoms with Gasteiger partial charge >= 0.3 is 12.1 Å². The molecule has 3 rings (SSSR count). The van der Waals surface area contributed by atoms with E-state index in [4.69, 9.17) is 0 Å². The van der Waals surface area contributed by atoms with Gasteiger partial charge in [-0.05, 0) is 45.7 Å². The number of benzene rings is 1. The number of carbonyl (C=O) groups excluding carboxylic acids is 4. The van der Waals surface area contributed by atoms with E-state index in [0.717, 1.165) is 4.90 Å². The van der Waals surface area contributed by atoms with E-state index in [0.29, 0.717) is 30.6 Å². The minimum Gasteiger partial charge on any atom is -0.336 e. The number of piperidine rings is 1. The van der Waals surface area contributed by atoms with E-state index in [1.165, 1.54) is 6.92 Å². The number of ketones is 1. The van der Waals surface area contributed by atoms with Crippen molar-refractivity contribution < 1.29 is 19.2 Å². The van der Waals surface area contributed by atoms with Crippen molar-refractivity contribution in [2.45, 2.75) is 51.7 Å². The Kier molecular flexibility index (Phi) is 5.16. The predicted octanol–water partition coefficient (Wildman–Crippen LogP) is 1.90. The van der Waals surface area contributed by atoms with E-state index in [1.54, 1.807) is 29.2 Å². The lowest BCUT2D eigenvalue weighted by Gasteiger charge is -2.32. The molecule has 0 aromatic heterocycles. The fourth-order valence-corrected chi connectivity index (χ4v) is 3.52. The molecule has 0 aliphatic carbocycles. The second-order valence-electron chi connectivity index (χ2n) is 7.27. The van der Waals surface area contributed by atoms with Crippen LogP contribution in [0, 0.1) is 0 Å². The van der Waals surface area contributed by atoms with E-state index in [2.05, 4.69) is 10.6 Å². The lowest BCUT2D eigenvalue weighted by Crippen LogP contribution is -2.52. The van der Waals surface area contributed by atoms with Crippen LogP contribution >= 0.6 is 0 Å². The van der Waals surface area contributed by atoms with Crippen molar-refractivity contribution in [2.75, 3.05) is 11.4 Å². The molecular formula is C19H24N4O4. The Bertz CT molecular complexity index is 792. The minimum atomic E-state index is -0.600. The van der Waals surface area contributed by atoms with Gasteiger partial charge in [0.05, 0.1) is 5.69 Å². The first kappa shape index (κ1) is 18.9. The first-order valence-corrected chi connectivity index (χ1v) is 9.10. The van der Waals surface area contributed by atoms with Gasteiger partial charge in [0.2, 0.25) is 0 Å². The number of amides is 5. The molecule has 0 bridgehead atoms. The van der Waals surface area contributed by atoms with Crippen LogP contribution in [0.25, 0.3) is 0 Å². The molecule has 2 fully saturated rings. The molecule has 2 aliphatic rings. The van der Waals surface area contributed by atoms with Gasteiger partial charge < -0.3 is 15.5 Å². The summed E-state index contributed by atoms with van der Waals surface area (Å²) in [5, 5.41) is 5.64. The zero-order chi connectivity index (χ0) is 19.7. The smallest absolute Gasteiger partial charge is 0.332 e. The predicted molar refractivity (Wildman–Crippen MR) is 99.6 cm³/mol. The van der Waals surface area contributed by atoms with Gasteiger partial charge in [0.1, 0.15) is 6.04 Å². The molecule has 5 amide bonds. The van der Waals surface area contributed by atoms with Crippen molar-refractivity contribution in [3.63, 3.8) is 0 Å². The van der Waals surface area contributed by atoms with Gasteiger partial charge in [0, 0.05) is 24.2 Å². The molecule has 8 nitrogen and oxygen atoms in total. The molecule has 144 valence electrons. The van der Waals surface area contributed by atoms with Gasteiger partial charge in [-0.1, -0.05) is 12.1 Å². The Hall–Kier alpha value is -2.90. The first-order chi connectivity index (χ1) is 12.8. The molecule has 2 saturated heterocycles. The molecule has 0 unspecified atom stereocenters. The number of anilines is 1. The third kappa shape index (κ3) is 3.79. The van der Waals surface area contributed by atoms with Gasteiger partial charge in [-0.2, -0.15) is 0 Å². The van der Waals surface area contributed by atoms with Crippen molar-refractivity contribution in [3.05, 3.63) is 29.8 Å². The monoisotopic (exact) mass is 372 g/mol. The summed E-state index contributed by atoms with van der Waals surface area (Å²) in [6.07, 6.45) is 0.960. The van der Waals surface area contributed by atoms with Crippen molar-refractivity contribution in [1.82, 2.24) is 15.5 Å². The minimum absolute atomic E-state index is 0.0174. The van der Waals surface area contributed by atoms with E-state index >= 15 is 0 Å². The van der Waals surface area contributed by atoms with Crippen LogP contribution in [0.4, 0.5) is 15.3 Å². The second kappa shape index (κ2) is 7.38. The maximum atomic E-state index is 12.9. The van der Waals surface area contributed by atoms with E-state index in [-0.39, 0.29) is 35.8 Å². The number of hydrogen-bond donors (Lipinski definition) is 2. The third-order valence-electron chi connectivity index (χ3n) is 4.81. The SMILES string of the molecule is CC(=O)c1cccc(N2C(=O)[C@@H]3C[C@H](NC(=O)NC(C)C)CCN3C2=O)c1. The van der Waals surface area contributed by atoms with Crippen LogP contribution in [0.3, 0.4) is 0 Å². The molecule has 2 heterocycles. The lowest BCUT2D eigenvalue weighted by molar-refractivity contribution is -0.120. The highest BCUT2D eigenvalue weighted by Crippen LogP contribution is 2.31. The van der Waals surface area contributed by atoms with Gasteiger partial charge in [-0.25, -0.2) is 14.5 Å². The summed E-state index contributed by atoms with van der Waals surface area (Å²) in [6.45, 7) is 5.57. The van der Waals surface area contributed by atoms with Crippen molar-refractivity contribution in [2.24, 2.45) is 0 Å². The summed E-state index contributed by atoms with van der Waals surface area (Å²) in [7, 11) is 0. The van der Waals surface area contributed by atoms with Crippen LogP contribution in [-0.4, -0.2) is 53.3 Å². The average Bonchev–Trinajstić information content (AvgIpc) is 2.85. The zero-order valence-electron chi connectivity index (χ0n) is 15.7. The maximum absolute atomic E-state index is 12.9. The summed E-state index contributed by atoms with van der Waals surface area (Å²) >= 11 is 0. The van der Waals surface area contributed by atoms with E-state index < -0.39 is 6.04 Å². The Labute approximate surface area is 157 Å². The number of rotatable bonds is 4. The summed E-state index contributed by atoms with van der Waals surface area (Å²) in [4.78, 5) is 51.8. The third-order valence-corrected chi connectivity index (χ3v) is 4.81. The maximum Gasteiger partial charge on any atom is 0.332 e. The molecule has 8 heteroatoms. The molecule has 2 atom stereocenters. The Balaban J connectivity index is 1.75. The fourth-order valence-electron chi connectivity index (χ4n) is 3.52.